The second-order valence-corrected chi connectivity index (χ2v) is 9.10. The lowest BCUT2D eigenvalue weighted by Crippen LogP contribution is -2.45. The first-order chi connectivity index (χ1) is 13.8. The third-order valence-corrected chi connectivity index (χ3v) is 7.06. The minimum Gasteiger partial charge on any atom is -0.497 e. The number of rotatable bonds is 6. The fraction of sp³-hybridized carbons (Fsp3) is 0.381. The van der Waals surface area contributed by atoms with E-state index in [1.165, 1.54) is 35.7 Å². The molecule has 2 aromatic rings. The third-order valence-electron chi connectivity index (χ3n) is 5.18. The molecule has 1 amide bonds. The first-order valence-corrected chi connectivity index (χ1v) is 11.0. The van der Waals surface area contributed by atoms with Crippen molar-refractivity contribution in [3.05, 3.63) is 59.9 Å². The highest BCUT2D eigenvalue weighted by Gasteiger charge is 2.33. The highest BCUT2D eigenvalue weighted by molar-refractivity contribution is 7.89. The van der Waals surface area contributed by atoms with Crippen molar-refractivity contribution in [2.75, 3.05) is 20.2 Å². The summed E-state index contributed by atoms with van der Waals surface area (Å²) < 4.78 is 45.4. The zero-order chi connectivity index (χ0) is 21.0. The minimum absolute atomic E-state index is 0.135. The van der Waals surface area contributed by atoms with Crippen LogP contribution in [0, 0.1) is 11.7 Å². The van der Waals surface area contributed by atoms with E-state index in [4.69, 9.17) is 4.74 Å². The number of methoxy groups -OCH3 is 1. The topological polar surface area (TPSA) is 75.7 Å². The molecule has 29 heavy (non-hydrogen) atoms. The molecule has 0 radical (unpaired) electrons. The lowest BCUT2D eigenvalue weighted by Gasteiger charge is -2.32. The Labute approximate surface area is 170 Å². The summed E-state index contributed by atoms with van der Waals surface area (Å²) in [5, 5.41) is 2.91. The Bertz CT molecular complexity index is 946. The second kappa shape index (κ2) is 8.92. The molecule has 1 saturated heterocycles. The van der Waals surface area contributed by atoms with Gasteiger partial charge < -0.3 is 10.1 Å². The predicted octanol–water partition coefficient (Wildman–Crippen LogP) is 3.11. The smallest absolute Gasteiger partial charge is 0.243 e. The average Bonchev–Trinajstić information content (AvgIpc) is 2.74. The number of hydrogen-bond donors (Lipinski definition) is 1. The monoisotopic (exact) mass is 420 g/mol. The van der Waals surface area contributed by atoms with Crippen LogP contribution in [0.25, 0.3) is 0 Å². The Morgan fingerprint density at radius 2 is 1.83 bits per heavy atom. The molecule has 2 atom stereocenters. The molecule has 156 valence electrons. The molecule has 1 aliphatic heterocycles. The van der Waals surface area contributed by atoms with E-state index in [2.05, 4.69) is 5.32 Å². The van der Waals surface area contributed by atoms with Crippen LogP contribution in [-0.4, -0.2) is 38.8 Å². The summed E-state index contributed by atoms with van der Waals surface area (Å²) in [5.41, 5.74) is 0.790. The zero-order valence-corrected chi connectivity index (χ0v) is 17.3. The maximum absolute atomic E-state index is 13.1. The summed E-state index contributed by atoms with van der Waals surface area (Å²) >= 11 is 0. The van der Waals surface area contributed by atoms with Gasteiger partial charge in [-0.3, -0.25) is 4.79 Å². The molecule has 2 aromatic carbocycles. The number of piperidine rings is 1. The Morgan fingerprint density at radius 3 is 2.45 bits per heavy atom. The molecule has 8 heteroatoms. The molecule has 0 aromatic heterocycles. The SMILES string of the molecule is COc1ccc(S(=O)(=O)N2CCC[C@H](C(=O)N[C@@H](C)c3ccc(F)cc3)C2)cc1. The van der Waals surface area contributed by atoms with E-state index in [1.54, 1.807) is 24.3 Å². The summed E-state index contributed by atoms with van der Waals surface area (Å²) in [6.45, 7) is 2.34. The number of sulfonamides is 1. The lowest BCUT2D eigenvalue weighted by atomic mass is 9.98. The van der Waals surface area contributed by atoms with E-state index in [-0.39, 0.29) is 29.2 Å². The number of ether oxygens (including phenoxy) is 1. The van der Waals surface area contributed by atoms with Crippen LogP contribution >= 0.6 is 0 Å². The molecule has 1 heterocycles. The molecule has 0 unspecified atom stereocenters. The maximum Gasteiger partial charge on any atom is 0.243 e. The molecule has 1 aliphatic rings. The normalized spacial score (nSPS) is 18.8. The van der Waals surface area contributed by atoms with Gasteiger partial charge in [-0.05, 0) is 61.7 Å². The minimum atomic E-state index is -3.68. The summed E-state index contributed by atoms with van der Waals surface area (Å²) in [5.74, 6) is -0.385. The van der Waals surface area contributed by atoms with Crippen LogP contribution in [0.2, 0.25) is 0 Å². The van der Waals surface area contributed by atoms with E-state index in [9.17, 15) is 17.6 Å². The molecule has 0 bridgehead atoms. The van der Waals surface area contributed by atoms with Gasteiger partial charge in [0.05, 0.1) is 24.0 Å². The molecule has 6 nitrogen and oxygen atoms in total. The van der Waals surface area contributed by atoms with Gasteiger partial charge in [0.15, 0.2) is 0 Å². The summed E-state index contributed by atoms with van der Waals surface area (Å²) in [4.78, 5) is 12.9. The van der Waals surface area contributed by atoms with Crippen molar-refractivity contribution >= 4 is 15.9 Å². The number of carbonyl (C=O) groups excluding carboxylic acids is 1. The molecule has 0 saturated carbocycles. The Morgan fingerprint density at radius 1 is 1.17 bits per heavy atom. The highest BCUT2D eigenvalue weighted by Crippen LogP contribution is 2.26. The van der Waals surface area contributed by atoms with Crippen LogP contribution in [0.4, 0.5) is 4.39 Å². The van der Waals surface area contributed by atoms with Crippen molar-refractivity contribution in [2.45, 2.75) is 30.7 Å². The summed E-state index contributed by atoms with van der Waals surface area (Å²) in [6, 6.07) is 11.9. The Hall–Kier alpha value is -2.45. The molecule has 1 fully saturated rings. The number of hydrogen-bond acceptors (Lipinski definition) is 4. The van der Waals surface area contributed by atoms with Crippen LogP contribution in [0.1, 0.15) is 31.4 Å². The molecular weight excluding hydrogens is 395 g/mol. The van der Waals surface area contributed by atoms with Crippen LogP contribution in [0.5, 0.6) is 5.75 Å². The van der Waals surface area contributed by atoms with Crippen LogP contribution in [0.3, 0.4) is 0 Å². The van der Waals surface area contributed by atoms with Crippen LogP contribution < -0.4 is 10.1 Å². The van der Waals surface area contributed by atoms with E-state index >= 15 is 0 Å². The number of nitrogens with zero attached hydrogens (tertiary/aromatic N) is 1. The lowest BCUT2D eigenvalue weighted by molar-refractivity contribution is -0.126. The number of benzene rings is 2. The van der Waals surface area contributed by atoms with Gasteiger partial charge in [0, 0.05) is 13.1 Å². The molecule has 1 N–H and O–H groups in total. The fourth-order valence-corrected chi connectivity index (χ4v) is 4.96. The Balaban J connectivity index is 1.67. The number of halogens is 1. The standard InChI is InChI=1S/C21H25FN2O4S/c1-15(16-5-7-18(22)8-6-16)23-21(25)17-4-3-13-24(14-17)29(26,27)20-11-9-19(28-2)10-12-20/h5-12,15,17H,3-4,13-14H2,1-2H3,(H,23,25)/t15-,17-/m0/s1. The molecular formula is C21H25FN2O4S. The van der Waals surface area contributed by atoms with Crippen molar-refractivity contribution < 1.29 is 22.3 Å². The van der Waals surface area contributed by atoms with Gasteiger partial charge in [0.2, 0.25) is 15.9 Å². The predicted molar refractivity (Wildman–Crippen MR) is 107 cm³/mol. The van der Waals surface area contributed by atoms with Crippen molar-refractivity contribution in [3.63, 3.8) is 0 Å². The highest BCUT2D eigenvalue weighted by atomic mass is 32.2. The molecule has 3 rings (SSSR count). The van der Waals surface area contributed by atoms with Gasteiger partial charge >= 0.3 is 0 Å². The van der Waals surface area contributed by atoms with E-state index in [0.717, 1.165) is 5.56 Å². The van der Waals surface area contributed by atoms with Gasteiger partial charge in [-0.25, -0.2) is 12.8 Å². The van der Waals surface area contributed by atoms with Gasteiger partial charge in [0.1, 0.15) is 11.6 Å². The van der Waals surface area contributed by atoms with Crippen LogP contribution in [0.15, 0.2) is 53.4 Å². The van der Waals surface area contributed by atoms with Crippen molar-refractivity contribution in [1.29, 1.82) is 0 Å². The third kappa shape index (κ3) is 4.94. The van der Waals surface area contributed by atoms with E-state index in [0.29, 0.717) is 25.1 Å². The van der Waals surface area contributed by atoms with Gasteiger partial charge in [-0.2, -0.15) is 4.31 Å². The Kier molecular flexibility index (Phi) is 6.54. The van der Waals surface area contributed by atoms with Crippen LogP contribution in [-0.2, 0) is 14.8 Å². The molecule has 0 spiro atoms. The zero-order valence-electron chi connectivity index (χ0n) is 16.5. The second-order valence-electron chi connectivity index (χ2n) is 7.16. The summed E-state index contributed by atoms with van der Waals surface area (Å²) in [6.07, 6.45) is 1.23. The van der Waals surface area contributed by atoms with Crippen molar-refractivity contribution in [3.8, 4) is 5.75 Å². The van der Waals surface area contributed by atoms with Crippen molar-refractivity contribution in [2.24, 2.45) is 5.92 Å². The molecule has 0 aliphatic carbocycles. The average molecular weight is 421 g/mol. The quantitative estimate of drug-likeness (QED) is 0.779. The first kappa shape index (κ1) is 21.3. The first-order valence-electron chi connectivity index (χ1n) is 9.51. The maximum atomic E-state index is 13.1. The van der Waals surface area contributed by atoms with E-state index in [1.807, 2.05) is 6.92 Å². The fourth-order valence-electron chi connectivity index (χ4n) is 3.44. The van der Waals surface area contributed by atoms with Crippen molar-refractivity contribution in [1.82, 2.24) is 9.62 Å². The number of amides is 1. The van der Waals surface area contributed by atoms with Gasteiger partial charge in [-0.15, -0.1) is 0 Å². The largest absolute Gasteiger partial charge is 0.497 e. The summed E-state index contributed by atoms with van der Waals surface area (Å²) in [7, 11) is -2.16. The van der Waals surface area contributed by atoms with E-state index < -0.39 is 15.9 Å². The van der Waals surface area contributed by atoms with Gasteiger partial charge in [-0.1, -0.05) is 12.1 Å². The number of carbonyl (C=O) groups is 1. The number of nitrogens with one attached hydrogen (secondary N) is 1. The van der Waals surface area contributed by atoms with Gasteiger partial charge in [0.25, 0.3) is 0 Å².